The number of benzene rings is 1. The van der Waals surface area contributed by atoms with E-state index in [1.807, 2.05) is 18.2 Å². The topological polar surface area (TPSA) is 34.1 Å². The summed E-state index contributed by atoms with van der Waals surface area (Å²) >= 11 is 0. The maximum absolute atomic E-state index is 11.9. The van der Waals surface area contributed by atoms with Gasteiger partial charge in [-0.2, -0.15) is 0 Å². The average Bonchev–Trinajstić information content (AvgIpc) is 2.82. The minimum absolute atomic E-state index is 0.102. The SMILES string of the molecule is O=C[C@@]12CCC[C@@H]1CC(=O)C[C@H]2c1ccccc1. The zero-order chi connectivity index (χ0) is 12.6. The molecule has 0 heterocycles. The van der Waals surface area contributed by atoms with Crippen LogP contribution < -0.4 is 0 Å². The van der Waals surface area contributed by atoms with E-state index in [2.05, 4.69) is 12.1 Å². The van der Waals surface area contributed by atoms with E-state index < -0.39 is 0 Å². The van der Waals surface area contributed by atoms with E-state index >= 15 is 0 Å². The molecule has 0 aliphatic heterocycles. The molecule has 94 valence electrons. The fraction of sp³-hybridized carbons (Fsp3) is 0.500. The highest BCUT2D eigenvalue weighted by Crippen LogP contribution is 2.56. The number of aldehydes is 1. The Labute approximate surface area is 107 Å². The van der Waals surface area contributed by atoms with Crippen LogP contribution in [0.4, 0.5) is 0 Å². The van der Waals surface area contributed by atoms with E-state index in [4.69, 9.17) is 0 Å². The van der Waals surface area contributed by atoms with Crippen molar-refractivity contribution in [2.45, 2.75) is 38.0 Å². The molecule has 2 aliphatic carbocycles. The fourth-order valence-electron chi connectivity index (χ4n) is 4.00. The smallest absolute Gasteiger partial charge is 0.133 e. The van der Waals surface area contributed by atoms with Gasteiger partial charge in [0.05, 0.1) is 0 Å². The van der Waals surface area contributed by atoms with Gasteiger partial charge in [-0.05, 0) is 24.3 Å². The lowest BCUT2D eigenvalue weighted by Gasteiger charge is -2.41. The molecule has 0 aromatic heterocycles. The summed E-state index contributed by atoms with van der Waals surface area (Å²) in [5, 5.41) is 0. The van der Waals surface area contributed by atoms with Crippen LogP contribution in [0.25, 0.3) is 0 Å². The van der Waals surface area contributed by atoms with Gasteiger partial charge >= 0.3 is 0 Å². The Bertz CT molecular complexity index is 465. The number of rotatable bonds is 2. The Morgan fingerprint density at radius 1 is 1.17 bits per heavy atom. The van der Waals surface area contributed by atoms with Crippen molar-refractivity contribution in [3.63, 3.8) is 0 Å². The molecule has 2 fully saturated rings. The van der Waals surface area contributed by atoms with Gasteiger partial charge in [-0.25, -0.2) is 0 Å². The standard InChI is InChI=1S/C16H18O2/c17-11-16-8-4-7-13(16)9-14(18)10-15(16)12-5-2-1-3-6-12/h1-3,5-6,11,13,15H,4,7-10H2/t13-,15+,16+/m1/s1. The second-order valence-corrected chi connectivity index (χ2v) is 5.73. The van der Waals surface area contributed by atoms with Crippen LogP contribution in [0.1, 0.15) is 43.6 Å². The maximum atomic E-state index is 11.9. The van der Waals surface area contributed by atoms with E-state index in [0.29, 0.717) is 18.6 Å². The number of carbonyl (C=O) groups is 2. The number of carbonyl (C=O) groups excluding carboxylic acids is 2. The monoisotopic (exact) mass is 242 g/mol. The third kappa shape index (κ3) is 1.63. The fourth-order valence-corrected chi connectivity index (χ4v) is 4.00. The van der Waals surface area contributed by atoms with Crippen molar-refractivity contribution in [2.24, 2.45) is 11.3 Å². The summed E-state index contributed by atoms with van der Waals surface area (Å²) in [4.78, 5) is 23.7. The normalized spacial score (nSPS) is 35.2. The highest BCUT2D eigenvalue weighted by Gasteiger charge is 2.52. The van der Waals surface area contributed by atoms with Gasteiger partial charge < -0.3 is 4.79 Å². The van der Waals surface area contributed by atoms with Crippen molar-refractivity contribution >= 4 is 12.1 Å². The first kappa shape index (κ1) is 11.6. The van der Waals surface area contributed by atoms with Gasteiger partial charge in [0.15, 0.2) is 0 Å². The molecule has 0 spiro atoms. The van der Waals surface area contributed by atoms with Crippen molar-refractivity contribution < 1.29 is 9.59 Å². The molecular weight excluding hydrogens is 224 g/mol. The molecule has 2 heteroatoms. The Kier molecular flexibility index (Phi) is 2.81. The van der Waals surface area contributed by atoms with Crippen LogP contribution >= 0.6 is 0 Å². The van der Waals surface area contributed by atoms with Crippen molar-refractivity contribution in [3.05, 3.63) is 35.9 Å². The lowest BCUT2D eigenvalue weighted by molar-refractivity contribution is -0.130. The second-order valence-electron chi connectivity index (χ2n) is 5.73. The minimum atomic E-state index is -0.269. The van der Waals surface area contributed by atoms with E-state index in [9.17, 15) is 9.59 Å². The molecule has 2 nitrogen and oxygen atoms in total. The zero-order valence-electron chi connectivity index (χ0n) is 10.5. The first-order valence-corrected chi connectivity index (χ1v) is 6.79. The summed E-state index contributed by atoms with van der Waals surface area (Å²) in [6, 6.07) is 10.1. The summed E-state index contributed by atoms with van der Waals surface area (Å²) in [6.45, 7) is 0. The molecule has 0 N–H and O–H groups in total. The molecule has 1 aromatic rings. The van der Waals surface area contributed by atoms with E-state index in [-0.39, 0.29) is 17.3 Å². The Hall–Kier alpha value is -1.44. The Morgan fingerprint density at radius 2 is 1.94 bits per heavy atom. The molecule has 2 aliphatic rings. The molecule has 0 unspecified atom stereocenters. The zero-order valence-corrected chi connectivity index (χ0v) is 10.5. The van der Waals surface area contributed by atoms with Gasteiger partial charge in [-0.3, -0.25) is 4.79 Å². The predicted molar refractivity (Wildman–Crippen MR) is 69.3 cm³/mol. The van der Waals surface area contributed by atoms with Crippen LogP contribution in [-0.2, 0) is 9.59 Å². The van der Waals surface area contributed by atoms with E-state index in [1.54, 1.807) is 0 Å². The van der Waals surface area contributed by atoms with Gasteiger partial charge in [0.1, 0.15) is 12.1 Å². The van der Waals surface area contributed by atoms with Crippen molar-refractivity contribution in [1.29, 1.82) is 0 Å². The summed E-state index contributed by atoms with van der Waals surface area (Å²) in [5.41, 5.74) is 0.888. The van der Waals surface area contributed by atoms with Crippen molar-refractivity contribution in [3.8, 4) is 0 Å². The summed E-state index contributed by atoms with van der Waals surface area (Å²) in [7, 11) is 0. The van der Waals surface area contributed by atoms with Crippen LogP contribution in [0, 0.1) is 11.3 Å². The van der Waals surface area contributed by atoms with Crippen LogP contribution in [0.3, 0.4) is 0 Å². The highest BCUT2D eigenvalue weighted by atomic mass is 16.1. The predicted octanol–water partition coefficient (Wildman–Crippen LogP) is 3.12. The summed E-state index contributed by atoms with van der Waals surface area (Å²) < 4.78 is 0. The molecule has 2 saturated carbocycles. The molecule has 3 rings (SSSR count). The quantitative estimate of drug-likeness (QED) is 0.747. The Balaban J connectivity index is 2.04. The number of hydrogen-bond acceptors (Lipinski definition) is 2. The summed E-state index contributed by atoms with van der Waals surface area (Å²) in [5.74, 6) is 0.708. The third-order valence-corrected chi connectivity index (χ3v) is 4.90. The lowest BCUT2D eigenvalue weighted by Crippen LogP contribution is -2.41. The summed E-state index contributed by atoms with van der Waals surface area (Å²) in [6.07, 6.45) is 5.39. The maximum Gasteiger partial charge on any atom is 0.133 e. The Morgan fingerprint density at radius 3 is 2.67 bits per heavy atom. The van der Waals surface area contributed by atoms with Crippen LogP contribution in [0.2, 0.25) is 0 Å². The van der Waals surface area contributed by atoms with Crippen molar-refractivity contribution in [2.75, 3.05) is 0 Å². The lowest BCUT2D eigenvalue weighted by atomic mass is 9.60. The minimum Gasteiger partial charge on any atom is -0.303 e. The van der Waals surface area contributed by atoms with Gasteiger partial charge in [0, 0.05) is 24.2 Å². The van der Waals surface area contributed by atoms with Crippen LogP contribution in [-0.4, -0.2) is 12.1 Å². The average molecular weight is 242 g/mol. The number of hydrogen-bond donors (Lipinski definition) is 0. The molecular formula is C16H18O2. The number of ketones is 1. The number of fused-ring (bicyclic) bond motifs is 1. The van der Waals surface area contributed by atoms with Gasteiger partial charge in [0.25, 0.3) is 0 Å². The van der Waals surface area contributed by atoms with Crippen LogP contribution in [0.15, 0.2) is 30.3 Å². The van der Waals surface area contributed by atoms with Crippen molar-refractivity contribution in [1.82, 2.24) is 0 Å². The first-order valence-electron chi connectivity index (χ1n) is 6.79. The molecule has 0 saturated heterocycles. The van der Waals surface area contributed by atoms with Crippen LogP contribution in [0.5, 0.6) is 0 Å². The molecule has 1 aromatic carbocycles. The number of Topliss-reactive ketones (excluding diaryl/α,β-unsaturated/α-hetero) is 1. The molecule has 0 bridgehead atoms. The third-order valence-electron chi connectivity index (χ3n) is 4.90. The molecule has 0 amide bonds. The second kappa shape index (κ2) is 4.34. The van der Waals surface area contributed by atoms with E-state index in [1.165, 1.54) is 0 Å². The molecule has 3 atom stereocenters. The van der Waals surface area contributed by atoms with Gasteiger partial charge in [-0.1, -0.05) is 36.8 Å². The molecule has 0 radical (unpaired) electrons. The highest BCUT2D eigenvalue weighted by molar-refractivity contribution is 5.83. The molecule has 18 heavy (non-hydrogen) atoms. The van der Waals surface area contributed by atoms with Gasteiger partial charge in [0.2, 0.25) is 0 Å². The largest absolute Gasteiger partial charge is 0.303 e. The van der Waals surface area contributed by atoms with Gasteiger partial charge in [-0.15, -0.1) is 0 Å². The van der Waals surface area contributed by atoms with E-state index in [0.717, 1.165) is 31.1 Å². The first-order chi connectivity index (χ1) is 8.76.